The van der Waals surface area contributed by atoms with E-state index >= 15 is 0 Å². The molecule has 7 nitrogen and oxygen atoms in total. The zero-order chi connectivity index (χ0) is 19.7. The van der Waals surface area contributed by atoms with E-state index in [1.165, 1.54) is 6.26 Å². The van der Waals surface area contributed by atoms with Gasteiger partial charge < -0.3 is 9.63 Å². The average molecular weight is 399 g/mol. The number of rotatable bonds is 5. The van der Waals surface area contributed by atoms with Crippen molar-refractivity contribution in [3.8, 4) is 11.4 Å². The highest BCUT2D eigenvalue weighted by Crippen LogP contribution is 2.33. The molecule has 3 aromatic rings. The van der Waals surface area contributed by atoms with Crippen LogP contribution in [0.1, 0.15) is 23.9 Å². The minimum Gasteiger partial charge on any atom is -0.392 e. The van der Waals surface area contributed by atoms with E-state index in [9.17, 15) is 13.5 Å². The number of aromatic nitrogens is 2. The molecule has 8 heteroatoms. The van der Waals surface area contributed by atoms with Gasteiger partial charge in [0.25, 0.3) is 0 Å². The Morgan fingerprint density at radius 1 is 1.14 bits per heavy atom. The molecular weight excluding hydrogens is 378 g/mol. The number of benzene rings is 2. The van der Waals surface area contributed by atoms with E-state index in [0.29, 0.717) is 36.1 Å². The number of aliphatic hydroxyl groups excluding tert-OH is 1. The first-order valence-corrected chi connectivity index (χ1v) is 10.9. The average Bonchev–Trinajstić information content (AvgIpc) is 3.29. The van der Waals surface area contributed by atoms with Gasteiger partial charge in [0.15, 0.2) is 9.84 Å². The molecule has 0 radical (unpaired) electrons. The molecule has 1 saturated heterocycles. The summed E-state index contributed by atoms with van der Waals surface area (Å²) in [4.78, 5) is 6.89. The molecule has 0 amide bonds. The van der Waals surface area contributed by atoms with Gasteiger partial charge in [0.2, 0.25) is 11.7 Å². The third kappa shape index (κ3) is 3.99. The normalized spacial score (nSPS) is 20.5. The Morgan fingerprint density at radius 2 is 1.86 bits per heavy atom. The zero-order valence-electron chi connectivity index (χ0n) is 15.4. The SMILES string of the molecule is CS(=O)(=O)c1ccc(CN2C[C@H](O)C[C@H]2c2nc(-c3ccccc3)no2)cc1. The maximum atomic E-state index is 11.6. The summed E-state index contributed by atoms with van der Waals surface area (Å²) in [6.45, 7) is 1.04. The summed E-state index contributed by atoms with van der Waals surface area (Å²) in [6.07, 6.45) is 1.22. The first-order valence-electron chi connectivity index (χ1n) is 9.00. The third-order valence-electron chi connectivity index (χ3n) is 4.88. The summed E-state index contributed by atoms with van der Waals surface area (Å²) in [5, 5.41) is 14.2. The Morgan fingerprint density at radius 3 is 2.54 bits per heavy atom. The first-order chi connectivity index (χ1) is 13.4. The van der Waals surface area contributed by atoms with Crippen molar-refractivity contribution in [2.45, 2.75) is 30.0 Å². The summed E-state index contributed by atoms with van der Waals surface area (Å²) in [5.41, 5.74) is 1.83. The van der Waals surface area contributed by atoms with Crippen LogP contribution in [0.15, 0.2) is 64.0 Å². The quantitative estimate of drug-likeness (QED) is 0.704. The Bertz CT molecular complexity index is 1050. The van der Waals surface area contributed by atoms with Gasteiger partial charge in [-0.05, 0) is 24.1 Å². The van der Waals surface area contributed by atoms with Crippen LogP contribution in [0.5, 0.6) is 0 Å². The van der Waals surface area contributed by atoms with E-state index in [0.717, 1.165) is 11.1 Å². The minimum atomic E-state index is -3.22. The van der Waals surface area contributed by atoms with Crippen molar-refractivity contribution < 1.29 is 18.0 Å². The van der Waals surface area contributed by atoms with Crippen molar-refractivity contribution in [2.75, 3.05) is 12.8 Å². The van der Waals surface area contributed by atoms with E-state index < -0.39 is 15.9 Å². The molecule has 2 heterocycles. The zero-order valence-corrected chi connectivity index (χ0v) is 16.2. The van der Waals surface area contributed by atoms with Crippen molar-refractivity contribution in [3.63, 3.8) is 0 Å². The van der Waals surface area contributed by atoms with E-state index in [1.807, 2.05) is 30.3 Å². The van der Waals surface area contributed by atoms with Crippen LogP contribution in [0, 0.1) is 0 Å². The van der Waals surface area contributed by atoms with Crippen LogP contribution in [-0.4, -0.2) is 47.5 Å². The van der Waals surface area contributed by atoms with Crippen molar-refractivity contribution in [1.29, 1.82) is 0 Å². The molecule has 1 aliphatic rings. The summed E-state index contributed by atoms with van der Waals surface area (Å²) < 4.78 is 28.7. The lowest BCUT2D eigenvalue weighted by Gasteiger charge is -2.21. The standard InChI is InChI=1S/C20H21N3O4S/c1-28(25,26)17-9-7-14(8-10-17)12-23-13-16(24)11-18(23)20-21-19(22-27-20)15-5-3-2-4-6-15/h2-10,16,18,24H,11-13H2,1H3/t16-,18+/m1/s1. The lowest BCUT2D eigenvalue weighted by Crippen LogP contribution is -2.24. The molecule has 2 atom stereocenters. The third-order valence-corrected chi connectivity index (χ3v) is 6.01. The van der Waals surface area contributed by atoms with Crippen LogP contribution in [0.4, 0.5) is 0 Å². The fourth-order valence-electron chi connectivity index (χ4n) is 3.46. The molecule has 0 saturated carbocycles. The van der Waals surface area contributed by atoms with Crippen LogP contribution < -0.4 is 0 Å². The summed E-state index contributed by atoms with van der Waals surface area (Å²) in [7, 11) is -3.22. The molecule has 1 fully saturated rings. The second kappa shape index (κ2) is 7.46. The second-order valence-corrected chi connectivity index (χ2v) is 9.09. The van der Waals surface area contributed by atoms with Crippen LogP contribution in [0.25, 0.3) is 11.4 Å². The molecule has 2 aromatic carbocycles. The molecule has 146 valence electrons. The highest BCUT2D eigenvalue weighted by Gasteiger charge is 2.36. The fourth-order valence-corrected chi connectivity index (χ4v) is 4.09. The van der Waals surface area contributed by atoms with Crippen molar-refractivity contribution in [2.24, 2.45) is 0 Å². The van der Waals surface area contributed by atoms with Gasteiger partial charge in [-0.25, -0.2) is 8.42 Å². The Hall–Kier alpha value is -2.55. The molecule has 0 spiro atoms. The van der Waals surface area contributed by atoms with Gasteiger partial charge in [-0.3, -0.25) is 4.90 Å². The monoisotopic (exact) mass is 399 g/mol. The topological polar surface area (TPSA) is 96.5 Å². The maximum Gasteiger partial charge on any atom is 0.244 e. The largest absolute Gasteiger partial charge is 0.392 e. The van der Waals surface area contributed by atoms with Crippen molar-refractivity contribution in [3.05, 3.63) is 66.1 Å². The predicted octanol–water partition coefficient (Wildman–Crippen LogP) is 2.45. The summed E-state index contributed by atoms with van der Waals surface area (Å²) >= 11 is 0. The molecule has 1 aliphatic heterocycles. The molecule has 0 aliphatic carbocycles. The number of β-amino-alcohol motifs (C(OH)–C–C–N with tert-alkyl or cyclic N) is 1. The first kappa shape index (κ1) is 18.8. The van der Waals surface area contributed by atoms with Crippen molar-refractivity contribution >= 4 is 9.84 Å². The van der Waals surface area contributed by atoms with E-state index in [1.54, 1.807) is 24.3 Å². The molecule has 1 aromatic heterocycles. The van der Waals surface area contributed by atoms with Crippen molar-refractivity contribution in [1.82, 2.24) is 15.0 Å². The van der Waals surface area contributed by atoms with Crippen LogP contribution in [0.3, 0.4) is 0 Å². The number of hydrogen-bond donors (Lipinski definition) is 1. The molecule has 0 bridgehead atoms. The van der Waals surface area contributed by atoms with Gasteiger partial charge in [0, 0.05) is 24.9 Å². The number of sulfone groups is 1. The van der Waals surface area contributed by atoms with E-state index in [4.69, 9.17) is 4.52 Å². The van der Waals surface area contributed by atoms with Gasteiger partial charge in [-0.15, -0.1) is 0 Å². The predicted molar refractivity (Wildman–Crippen MR) is 103 cm³/mol. The number of aliphatic hydroxyl groups is 1. The summed E-state index contributed by atoms with van der Waals surface area (Å²) in [5.74, 6) is 0.998. The molecule has 28 heavy (non-hydrogen) atoms. The van der Waals surface area contributed by atoms with Crippen LogP contribution >= 0.6 is 0 Å². The number of likely N-dealkylation sites (tertiary alicyclic amines) is 1. The lowest BCUT2D eigenvalue weighted by molar-refractivity contribution is 0.169. The van der Waals surface area contributed by atoms with Gasteiger partial charge in [0.1, 0.15) is 0 Å². The minimum absolute atomic E-state index is 0.186. The molecule has 4 rings (SSSR count). The van der Waals surface area contributed by atoms with Gasteiger partial charge >= 0.3 is 0 Å². The molecular formula is C20H21N3O4S. The van der Waals surface area contributed by atoms with Crippen LogP contribution in [0.2, 0.25) is 0 Å². The molecule has 1 N–H and O–H groups in total. The Labute approximate surface area is 163 Å². The maximum absolute atomic E-state index is 11.6. The lowest BCUT2D eigenvalue weighted by atomic mass is 10.1. The summed E-state index contributed by atoms with van der Waals surface area (Å²) in [6, 6.07) is 16.2. The number of hydrogen-bond acceptors (Lipinski definition) is 7. The Balaban J connectivity index is 1.54. The highest BCUT2D eigenvalue weighted by molar-refractivity contribution is 7.90. The molecule has 0 unspecified atom stereocenters. The fraction of sp³-hybridized carbons (Fsp3) is 0.300. The Kier molecular flexibility index (Phi) is 5.01. The smallest absolute Gasteiger partial charge is 0.244 e. The van der Waals surface area contributed by atoms with E-state index in [2.05, 4.69) is 15.0 Å². The van der Waals surface area contributed by atoms with Gasteiger partial charge in [0.05, 0.1) is 17.0 Å². The van der Waals surface area contributed by atoms with E-state index in [-0.39, 0.29) is 6.04 Å². The highest BCUT2D eigenvalue weighted by atomic mass is 32.2. The number of nitrogens with zero attached hydrogens (tertiary/aromatic N) is 3. The van der Waals surface area contributed by atoms with Gasteiger partial charge in [-0.1, -0.05) is 47.6 Å². The van der Waals surface area contributed by atoms with Crippen LogP contribution in [-0.2, 0) is 16.4 Å². The second-order valence-electron chi connectivity index (χ2n) is 7.07. The van der Waals surface area contributed by atoms with Gasteiger partial charge in [-0.2, -0.15) is 4.98 Å².